The van der Waals surface area contributed by atoms with Crippen molar-refractivity contribution in [2.24, 2.45) is 0 Å². The van der Waals surface area contributed by atoms with E-state index < -0.39 is 16.8 Å². The molecular weight excluding hydrogens is 432 g/mol. The minimum atomic E-state index is -3.02. The number of para-hydroxylation sites is 1. The van der Waals surface area contributed by atoms with E-state index in [0.29, 0.717) is 16.5 Å². The molecule has 2 aromatic carbocycles. The topological polar surface area (TPSA) is 92.3 Å². The molecule has 4 rings (SSSR count). The summed E-state index contributed by atoms with van der Waals surface area (Å²) in [6, 6.07) is 17.3. The maximum absolute atomic E-state index is 13.0. The van der Waals surface area contributed by atoms with Gasteiger partial charge in [-0.1, -0.05) is 29.8 Å². The summed E-state index contributed by atoms with van der Waals surface area (Å²) < 4.78 is 25.3. The van der Waals surface area contributed by atoms with Gasteiger partial charge in [-0.15, -0.1) is 11.3 Å². The number of carbonyl (C=O) groups is 1. The van der Waals surface area contributed by atoms with E-state index in [1.165, 1.54) is 11.3 Å². The normalized spacial score (nSPS) is 10.8. The largest absolute Gasteiger partial charge is 0.298 e. The lowest BCUT2D eigenvalue weighted by Crippen LogP contribution is -2.20. The number of aromatic nitrogens is 2. The Morgan fingerprint density at radius 1 is 1.03 bits per heavy atom. The van der Waals surface area contributed by atoms with Gasteiger partial charge in [-0.3, -0.25) is 15.1 Å². The minimum Gasteiger partial charge on any atom is -0.298 e. The van der Waals surface area contributed by atoms with Gasteiger partial charge in [-0.05, 0) is 43.3 Å². The molecule has 0 aliphatic heterocycles. The molecule has 9 heteroatoms. The number of carbonyl (C=O) groups excluding carboxylic acids is 1. The number of amides is 1. The first-order valence-electron chi connectivity index (χ1n) is 9.30. The van der Waals surface area contributed by atoms with E-state index in [2.05, 4.69) is 15.3 Å². The number of nitrogens with zero attached hydrogens (tertiary/aromatic N) is 3. The predicted octanol–water partition coefficient (Wildman–Crippen LogP) is 4.43. The van der Waals surface area contributed by atoms with Crippen LogP contribution in [0.3, 0.4) is 0 Å². The molecule has 7 nitrogen and oxygen atoms in total. The van der Waals surface area contributed by atoms with Gasteiger partial charge >= 0.3 is 0 Å². The van der Waals surface area contributed by atoms with Crippen LogP contribution in [0.1, 0.15) is 15.9 Å². The highest BCUT2D eigenvalue weighted by atomic mass is 32.2. The number of hydrogen-bond acceptors (Lipinski definition) is 6. The molecule has 0 saturated heterocycles. The molecule has 0 atom stereocenters. The monoisotopic (exact) mass is 450 g/mol. The van der Waals surface area contributed by atoms with Gasteiger partial charge in [-0.25, -0.2) is 17.7 Å². The van der Waals surface area contributed by atoms with Crippen LogP contribution >= 0.6 is 11.3 Å². The number of rotatable bonds is 6. The third kappa shape index (κ3) is 4.62. The highest BCUT2D eigenvalue weighted by Gasteiger charge is 2.20. The molecule has 2 aromatic heterocycles. The van der Waals surface area contributed by atoms with E-state index in [1.807, 2.05) is 36.6 Å². The third-order valence-corrected chi connectivity index (χ3v) is 6.03. The zero-order valence-electron chi connectivity index (χ0n) is 16.4. The Labute approximate surface area is 185 Å². The van der Waals surface area contributed by atoms with Crippen molar-refractivity contribution in [1.29, 1.82) is 0 Å². The molecule has 0 radical (unpaired) electrons. The van der Waals surface area contributed by atoms with E-state index >= 15 is 0 Å². The predicted molar refractivity (Wildman–Crippen MR) is 123 cm³/mol. The van der Waals surface area contributed by atoms with Crippen molar-refractivity contribution in [3.8, 4) is 11.3 Å². The molecule has 1 amide bonds. The second-order valence-electron chi connectivity index (χ2n) is 6.64. The number of anilines is 3. The molecule has 1 N–H and O–H groups in total. The van der Waals surface area contributed by atoms with Crippen LogP contribution in [0.4, 0.5) is 16.5 Å². The van der Waals surface area contributed by atoms with Crippen molar-refractivity contribution in [2.45, 2.75) is 6.92 Å². The number of pyridine rings is 1. The zero-order valence-corrected chi connectivity index (χ0v) is 18.1. The number of hydrogen-bond donors (Lipinski definition) is 2. The summed E-state index contributed by atoms with van der Waals surface area (Å²) in [5, 5.41) is 5.00. The maximum atomic E-state index is 13.0. The van der Waals surface area contributed by atoms with Crippen LogP contribution in [0.2, 0.25) is 0 Å². The van der Waals surface area contributed by atoms with E-state index in [-0.39, 0.29) is 11.3 Å². The first-order chi connectivity index (χ1) is 15.0. The van der Waals surface area contributed by atoms with Gasteiger partial charge in [0, 0.05) is 23.3 Å². The highest BCUT2D eigenvalue weighted by molar-refractivity contribution is 7.74. The van der Waals surface area contributed by atoms with Gasteiger partial charge in [0.25, 0.3) is 5.91 Å². The van der Waals surface area contributed by atoms with E-state index in [0.717, 1.165) is 15.4 Å². The SMILES string of the molecule is Cc1ccc(N(c2ccccc2C(=O)Nc2nc(-c3cccnc3)cs2)[SH](=O)=O)cc1. The molecule has 0 unspecified atom stereocenters. The Morgan fingerprint density at radius 3 is 2.52 bits per heavy atom. The molecule has 31 heavy (non-hydrogen) atoms. The number of benzene rings is 2. The van der Waals surface area contributed by atoms with Gasteiger partial charge in [0.2, 0.25) is 10.9 Å². The first kappa shape index (κ1) is 20.7. The van der Waals surface area contributed by atoms with Crippen molar-refractivity contribution in [3.63, 3.8) is 0 Å². The molecular formula is C22H18N4O3S2. The summed E-state index contributed by atoms with van der Waals surface area (Å²) in [6.07, 6.45) is 3.37. The van der Waals surface area contributed by atoms with Crippen LogP contribution in [-0.2, 0) is 10.9 Å². The smallest absolute Gasteiger partial charge is 0.259 e. The molecule has 0 bridgehead atoms. The Kier molecular flexibility index (Phi) is 6.06. The van der Waals surface area contributed by atoms with E-state index in [9.17, 15) is 13.2 Å². The Bertz CT molecular complexity index is 1280. The van der Waals surface area contributed by atoms with Crippen LogP contribution in [0.5, 0.6) is 0 Å². The summed E-state index contributed by atoms with van der Waals surface area (Å²) in [6.45, 7) is 1.92. The van der Waals surface area contributed by atoms with E-state index in [4.69, 9.17) is 0 Å². The van der Waals surface area contributed by atoms with Gasteiger partial charge in [0.15, 0.2) is 5.13 Å². The number of thiazole rings is 1. The second kappa shape index (κ2) is 9.07. The van der Waals surface area contributed by atoms with Gasteiger partial charge in [0.05, 0.1) is 22.6 Å². The molecule has 0 aliphatic rings. The van der Waals surface area contributed by atoms with E-state index in [1.54, 1.807) is 48.8 Å². The van der Waals surface area contributed by atoms with Gasteiger partial charge in [-0.2, -0.15) is 0 Å². The van der Waals surface area contributed by atoms with Gasteiger partial charge < -0.3 is 0 Å². The standard InChI is InChI=1S/C22H18N4O3S2/c1-15-8-10-17(11-9-15)26(31(28)29)20-7-3-2-6-18(20)21(27)25-22-24-19(14-30-22)16-5-4-12-23-13-16/h2-14,31H,1H3,(H,24,25,27). The van der Waals surface area contributed by atoms with Crippen molar-refractivity contribution in [3.05, 3.63) is 89.6 Å². The number of aryl methyl sites for hydroxylation is 1. The third-order valence-electron chi connectivity index (χ3n) is 4.50. The lowest BCUT2D eigenvalue weighted by Gasteiger charge is -2.20. The van der Waals surface area contributed by atoms with Crippen LogP contribution in [-0.4, -0.2) is 24.3 Å². The fourth-order valence-electron chi connectivity index (χ4n) is 3.00. The van der Waals surface area contributed by atoms with Gasteiger partial charge in [0.1, 0.15) is 0 Å². The highest BCUT2D eigenvalue weighted by Crippen LogP contribution is 2.30. The number of thiol groups is 1. The Morgan fingerprint density at radius 2 is 1.81 bits per heavy atom. The average Bonchev–Trinajstić information content (AvgIpc) is 3.24. The van der Waals surface area contributed by atoms with Crippen LogP contribution in [0.25, 0.3) is 11.3 Å². The van der Waals surface area contributed by atoms with Crippen LogP contribution < -0.4 is 9.62 Å². The van der Waals surface area contributed by atoms with Crippen molar-refractivity contribution in [1.82, 2.24) is 9.97 Å². The quantitative estimate of drug-likeness (QED) is 0.424. The minimum absolute atomic E-state index is 0.223. The Hall–Kier alpha value is -3.56. The molecule has 0 fully saturated rings. The first-order valence-corrected chi connectivity index (χ1v) is 11.3. The lowest BCUT2D eigenvalue weighted by molar-refractivity contribution is 0.102. The molecule has 0 aliphatic carbocycles. The molecule has 0 spiro atoms. The fraction of sp³-hybridized carbons (Fsp3) is 0.0455. The second-order valence-corrected chi connectivity index (χ2v) is 8.37. The average molecular weight is 451 g/mol. The number of nitrogens with one attached hydrogen (secondary N) is 1. The maximum Gasteiger partial charge on any atom is 0.259 e. The van der Waals surface area contributed by atoms with Crippen LogP contribution in [0.15, 0.2) is 78.4 Å². The lowest BCUT2D eigenvalue weighted by atomic mass is 10.1. The Balaban J connectivity index is 1.64. The summed E-state index contributed by atoms with van der Waals surface area (Å²) in [7, 11) is -3.02. The fourth-order valence-corrected chi connectivity index (χ4v) is 4.39. The van der Waals surface area contributed by atoms with Crippen molar-refractivity contribution in [2.75, 3.05) is 9.62 Å². The summed E-state index contributed by atoms with van der Waals surface area (Å²) in [5.41, 5.74) is 3.49. The molecule has 4 aromatic rings. The van der Waals surface area contributed by atoms with Crippen molar-refractivity contribution < 1.29 is 13.2 Å². The van der Waals surface area contributed by atoms with Crippen LogP contribution in [0, 0.1) is 6.92 Å². The summed E-state index contributed by atoms with van der Waals surface area (Å²) in [4.78, 5) is 21.5. The summed E-state index contributed by atoms with van der Waals surface area (Å²) >= 11 is 1.28. The van der Waals surface area contributed by atoms with Crippen molar-refractivity contribution >= 4 is 44.6 Å². The summed E-state index contributed by atoms with van der Waals surface area (Å²) in [5.74, 6) is -0.448. The molecule has 0 saturated carbocycles. The molecule has 156 valence electrons. The molecule has 2 heterocycles. The zero-order chi connectivity index (χ0) is 21.8.